The maximum atomic E-state index is 2.54. The summed E-state index contributed by atoms with van der Waals surface area (Å²) in [4.78, 5) is 2.54. The van der Waals surface area contributed by atoms with E-state index in [0.29, 0.717) is 5.92 Å². The van der Waals surface area contributed by atoms with Crippen LogP contribution in [0.15, 0.2) is 249 Å². The van der Waals surface area contributed by atoms with Crippen molar-refractivity contribution < 1.29 is 0 Å². The van der Waals surface area contributed by atoms with Gasteiger partial charge in [-0.15, -0.1) is 0 Å². The highest BCUT2D eigenvalue weighted by Crippen LogP contribution is 2.57. The minimum atomic E-state index is -0.308. The monoisotopic (exact) mass is 909 g/mol. The molecule has 1 nitrogen and oxygen atoms in total. The van der Waals surface area contributed by atoms with Gasteiger partial charge in [0.25, 0.3) is 0 Å². The van der Waals surface area contributed by atoms with E-state index in [0.717, 1.165) is 17.1 Å². The Hall–Kier alpha value is -8.26. The number of hydrogen-bond acceptors (Lipinski definition) is 1. The van der Waals surface area contributed by atoms with Gasteiger partial charge in [0.1, 0.15) is 0 Å². The second-order valence-corrected chi connectivity index (χ2v) is 19.9. The summed E-state index contributed by atoms with van der Waals surface area (Å²) in [6.07, 6.45) is 6.43. The molecule has 2 aliphatic carbocycles. The number of fused-ring (bicyclic) bond motifs is 5. The third-order valence-corrected chi connectivity index (χ3v) is 16.0. The van der Waals surface area contributed by atoms with Gasteiger partial charge in [-0.3, -0.25) is 0 Å². The summed E-state index contributed by atoms with van der Waals surface area (Å²) in [6, 6.07) is 92.9. The molecule has 0 aliphatic heterocycles. The second-order valence-electron chi connectivity index (χ2n) is 19.9. The zero-order valence-corrected chi connectivity index (χ0v) is 40.2. The number of benzene rings is 11. The molecule has 0 spiro atoms. The van der Waals surface area contributed by atoms with Gasteiger partial charge in [0.05, 0.1) is 11.4 Å². The lowest BCUT2D eigenvalue weighted by atomic mass is 9.74. The third-order valence-electron chi connectivity index (χ3n) is 16.0. The highest BCUT2D eigenvalue weighted by molar-refractivity contribution is 6.05. The summed E-state index contributed by atoms with van der Waals surface area (Å²) < 4.78 is 0. The lowest BCUT2D eigenvalue weighted by Crippen LogP contribution is -2.22. The Morgan fingerprint density at radius 2 is 0.873 bits per heavy atom. The van der Waals surface area contributed by atoms with Crippen molar-refractivity contribution >= 4 is 38.6 Å². The zero-order valence-electron chi connectivity index (χ0n) is 40.2. The molecule has 1 unspecified atom stereocenters. The number of nitrogens with zero attached hydrogens (tertiary/aromatic N) is 1. The van der Waals surface area contributed by atoms with Gasteiger partial charge in [-0.2, -0.15) is 0 Å². The van der Waals surface area contributed by atoms with Crippen molar-refractivity contribution in [3.8, 4) is 55.6 Å². The first-order valence-corrected chi connectivity index (χ1v) is 25.6. The molecule has 1 heteroatoms. The van der Waals surface area contributed by atoms with Crippen LogP contribution in [0.2, 0.25) is 0 Å². The minimum absolute atomic E-state index is 0.308. The lowest BCUT2D eigenvalue weighted by molar-refractivity contribution is 0.445. The van der Waals surface area contributed by atoms with Crippen molar-refractivity contribution in [1.82, 2.24) is 0 Å². The predicted octanol–water partition coefficient (Wildman–Crippen LogP) is 19.5. The number of rotatable bonds is 9. The molecule has 71 heavy (non-hydrogen) atoms. The van der Waals surface area contributed by atoms with Gasteiger partial charge in [-0.05, 0) is 138 Å². The highest BCUT2D eigenvalue weighted by Gasteiger charge is 2.42. The van der Waals surface area contributed by atoms with Crippen LogP contribution in [0.4, 0.5) is 17.1 Å². The number of anilines is 3. The van der Waals surface area contributed by atoms with Crippen LogP contribution in [0.5, 0.6) is 0 Å². The van der Waals surface area contributed by atoms with E-state index in [2.05, 4.69) is 261 Å². The van der Waals surface area contributed by atoms with Gasteiger partial charge in [-0.1, -0.05) is 244 Å². The van der Waals surface area contributed by atoms with Gasteiger partial charge in [0.15, 0.2) is 0 Å². The van der Waals surface area contributed by atoms with E-state index >= 15 is 0 Å². The molecule has 0 amide bonds. The van der Waals surface area contributed by atoms with Crippen LogP contribution in [0.25, 0.3) is 77.2 Å². The summed E-state index contributed by atoms with van der Waals surface area (Å²) in [7, 11) is 0. The molecule has 0 saturated heterocycles. The summed E-state index contributed by atoms with van der Waals surface area (Å²) in [5.41, 5.74) is 21.0. The molecule has 340 valence electrons. The van der Waals surface area contributed by atoms with Crippen molar-refractivity contribution in [1.29, 1.82) is 0 Å². The van der Waals surface area contributed by atoms with Crippen LogP contribution in [-0.2, 0) is 5.41 Å². The molecular weight excluding hydrogens is 855 g/mol. The van der Waals surface area contributed by atoms with Crippen molar-refractivity contribution in [3.63, 3.8) is 0 Å². The quantitative estimate of drug-likeness (QED) is 0.139. The molecular formula is C70H55N. The number of para-hydroxylation sites is 2. The summed E-state index contributed by atoms with van der Waals surface area (Å²) >= 11 is 0. The Labute approximate surface area is 418 Å². The van der Waals surface area contributed by atoms with Crippen LogP contribution in [0, 0.1) is 0 Å². The van der Waals surface area contributed by atoms with E-state index < -0.39 is 0 Å². The Kier molecular flexibility index (Phi) is 10.8. The smallest absolute Gasteiger partial charge is 0.0540 e. The molecule has 0 heterocycles. The van der Waals surface area contributed by atoms with Crippen LogP contribution in [-0.4, -0.2) is 0 Å². The predicted molar refractivity (Wildman–Crippen MR) is 301 cm³/mol. The molecule has 13 rings (SSSR count). The van der Waals surface area contributed by atoms with Gasteiger partial charge in [0, 0.05) is 22.2 Å². The van der Waals surface area contributed by atoms with E-state index in [1.807, 2.05) is 0 Å². The van der Waals surface area contributed by atoms with Gasteiger partial charge >= 0.3 is 0 Å². The lowest BCUT2D eigenvalue weighted by Gasteiger charge is -2.31. The molecule has 1 fully saturated rings. The molecule has 0 N–H and O–H groups in total. The Bertz CT molecular complexity index is 3740. The van der Waals surface area contributed by atoms with Crippen LogP contribution >= 0.6 is 0 Å². The normalized spacial score (nSPS) is 15.4. The topological polar surface area (TPSA) is 3.24 Å². The Morgan fingerprint density at radius 1 is 0.366 bits per heavy atom. The van der Waals surface area contributed by atoms with E-state index in [-0.39, 0.29) is 5.41 Å². The first-order chi connectivity index (χ1) is 35.1. The van der Waals surface area contributed by atoms with Crippen molar-refractivity contribution in [2.24, 2.45) is 0 Å². The van der Waals surface area contributed by atoms with Crippen molar-refractivity contribution in [2.75, 3.05) is 4.90 Å². The maximum absolute atomic E-state index is 2.54. The Balaban J connectivity index is 0.991. The Morgan fingerprint density at radius 3 is 1.62 bits per heavy atom. The molecule has 0 aromatic heterocycles. The van der Waals surface area contributed by atoms with E-state index in [9.17, 15) is 0 Å². The maximum Gasteiger partial charge on any atom is 0.0540 e. The minimum Gasteiger partial charge on any atom is -0.309 e. The van der Waals surface area contributed by atoms with E-state index in [1.54, 1.807) is 0 Å². The van der Waals surface area contributed by atoms with Crippen LogP contribution in [0.1, 0.15) is 67.2 Å². The molecule has 11 aromatic rings. The molecule has 11 aromatic carbocycles. The van der Waals surface area contributed by atoms with E-state index in [4.69, 9.17) is 0 Å². The molecule has 1 atom stereocenters. The fourth-order valence-corrected chi connectivity index (χ4v) is 12.5. The van der Waals surface area contributed by atoms with Gasteiger partial charge < -0.3 is 4.90 Å². The second kappa shape index (κ2) is 17.9. The first-order valence-electron chi connectivity index (χ1n) is 25.6. The average molecular weight is 910 g/mol. The molecule has 0 bridgehead atoms. The largest absolute Gasteiger partial charge is 0.309 e. The number of hydrogen-bond donors (Lipinski definition) is 0. The molecule has 0 radical (unpaired) electrons. The molecule has 1 saturated carbocycles. The third kappa shape index (κ3) is 7.30. The SMILES string of the molecule is CC1(c2ccccc2)c2ccccc2-c2c(-c3ccccc3N(c3ccc(-c4ccc(-c5cccc6ccccc56)cc4)cc3)c3ccccc3-c3cccc4cccc(C5CCCCC5)c34)cccc21. The fourth-order valence-electron chi connectivity index (χ4n) is 12.5. The average Bonchev–Trinajstić information content (AvgIpc) is 3.72. The first kappa shape index (κ1) is 42.8. The standard InChI is InChI=1S/C70H55N/c1-70(54-26-6-3-7-27-54)64-36-13-10-31-63(64)69-62(35-19-37-65(69)70)60-30-12-15-39-67(60)71(55-46-44-49(45-47-55)48-40-42-52(43-41-48)57-32-16-23-50-22-8-9-28-56(50)57)66-38-14-11-29-59(66)61-34-18-25-53-24-17-33-58(68(53)61)51-20-4-2-5-21-51/h3,6-19,22-47,51H,2,4-5,20-21H2,1H3. The van der Waals surface area contributed by atoms with Crippen LogP contribution < -0.4 is 4.90 Å². The summed E-state index contributed by atoms with van der Waals surface area (Å²) in [5.74, 6) is 0.566. The van der Waals surface area contributed by atoms with E-state index in [1.165, 1.54) is 132 Å². The molecule has 2 aliphatic rings. The fraction of sp³-hybridized carbons (Fsp3) is 0.114. The summed E-state index contributed by atoms with van der Waals surface area (Å²) in [5, 5.41) is 5.23. The highest BCUT2D eigenvalue weighted by atomic mass is 15.1. The van der Waals surface area contributed by atoms with Crippen LogP contribution in [0.3, 0.4) is 0 Å². The summed E-state index contributed by atoms with van der Waals surface area (Å²) in [6.45, 7) is 2.41. The van der Waals surface area contributed by atoms with Crippen molar-refractivity contribution in [2.45, 2.75) is 50.4 Å². The van der Waals surface area contributed by atoms with Gasteiger partial charge in [0.2, 0.25) is 0 Å². The van der Waals surface area contributed by atoms with Crippen molar-refractivity contribution in [3.05, 3.63) is 271 Å². The zero-order chi connectivity index (χ0) is 47.3. The van der Waals surface area contributed by atoms with Gasteiger partial charge in [-0.25, -0.2) is 0 Å².